The summed E-state index contributed by atoms with van der Waals surface area (Å²) in [5.74, 6) is -0.903. The van der Waals surface area contributed by atoms with Gasteiger partial charge in [0.25, 0.3) is 0 Å². The van der Waals surface area contributed by atoms with Gasteiger partial charge in [-0.15, -0.1) is 0 Å². The predicted molar refractivity (Wildman–Crippen MR) is 85.2 cm³/mol. The molecule has 0 fully saturated rings. The zero-order valence-corrected chi connectivity index (χ0v) is 21.4. The first-order chi connectivity index (χ1) is 9.77. The average Bonchev–Trinajstić information content (AvgIpc) is 2.43. The van der Waals surface area contributed by atoms with E-state index in [0.29, 0.717) is 0 Å². The summed E-state index contributed by atoms with van der Waals surface area (Å²) in [6.45, 7) is 2.27. The minimum atomic E-state index is -0.903. The minimum absolute atomic E-state index is 0. The van der Waals surface area contributed by atoms with E-state index in [1.54, 1.807) is 0 Å². The van der Waals surface area contributed by atoms with Gasteiger partial charge in [-0.2, -0.15) is 0 Å². The average molecular weight is 430 g/mol. The molecule has 0 bridgehead atoms. The molecule has 23 heavy (non-hydrogen) atoms. The van der Waals surface area contributed by atoms with Gasteiger partial charge in [0.05, 0.1) is 0 Å². The van der Waals surface area contributed by atoms with Crippen LogP contribution < -0.4 is 5.11 Å². The largest absolute Gasteiger partial charge is 2.00 e. The molecule has 0 unspecified atom stereocenters. The van der Waals surface area contributed by atoms with Gasteiger partial charge in [-0.05, 0) is 12.8 Å². The third-order valence-electron chi connectivity index (χ3n) is 3.98. The molecular weight excluding hydrogens is 395 g/mol. The van der Waals surface area contributed by atoms with E-state index >= 15 is 0 Å². The van der Waals surface area contributed by atoms with Crippen LogP contribution in [-0.4, -0.2) is 5.97 Å². The van der Waals surface area contributed by atoms with E-state index in [1.165, 1.54) is 83.5 Å². The van der Waals surface area contributed by atoms with Crippen LogP contribution in [-0.2, 0) is 49.2 Å². The third-order valence-corrected chi connectivity index (χ3v) is 3.98. The van der Waals surface area contributed by atoms with Gasteiger partial charge in [-0.3, -0.25) is 0 Å². The molecular formula is C18H35O3Zn2+. The Morgan fingerprint density at radius 3 is 1.13 bits per heavy atom. The van der Waals surface area contributed by atoms with Crippen LogP contribution in [0.3, 0.4) is 0 Å². The topological polar surface area (TPSA) is 68.6 Å². The Kier molecular flexibility index (Phi) is 37.6. The number of rotatable bonds is 16. The van der Waals surface area contributed by atoms with E-state index in [1.807, 2.05) is 0 Å². The van der Waals surface area contributed by atoms with Crippen LogP contribution in [0.2, 0.25) is 0 Å². The molecule has 0 aromatic rings. The molecule has 5 heteroatoms. The molecule has 0 aliphatic carbocycles. The van der Waals surface area contributed by atoms with Crippen molar-refractivity contribution >= 4 is 5.97 Å². The van der Waals surface area contributed by atoms with E-state index in [2.05, 4.69) is 6.92 Å². The van der Waals surface area contributed by atoms with Gasteiger partial charge >= 0.3 is 39.0 Å². The second kappa shape index (κ2) is 27.5. The summed E-state index contributed by atoms with van der Waals surface area (Å²) in [7, 11) is 0. The second-order valence-corrected chi connectivity index (χ2v) is 6.07. The Hall–Kier alpha value is 0.677. The number of carbonyl (C=O) groups is 1. The quantitative estimate of drug-likeness (QED) is 0.259. The van der Waals surface area contributed by atoms with Crippen molar-refractivity contribution in [2.45, 2.75) is 110 Å². The van der Waals surface area contributed by atoms with Crippen LogP contribution in [0.1, 0.15) is 110 Å². The van der Waals surface area contributed by atoms with Gasteiger partial charge in [0.1, 0.15) is 0 Å². The first kappa shape index (κ1) is 31.4. The molecule has 0 spiro atoms. The fourth-order valence-electron chi connectivity index (χ4n) is 2.64. The molecule has 3 nitrogen and oxygen atoms in total. The summed E-state index contributed by atoms with van der Waals surface area (Å²) in [6, 6.07) is 0. The Balaban J connectivity index is -0.000000602. The van der Waals surface area contributed by atoms with Gasteiger partial charge in [0.15, 0.2) is 0 Å². The van der Waals surface area contributed by atoms with E-state index in [4.69, 9.17) is 0 Å². The van der Waals surface area contributed by atoms with E-state index in [9.17, 15) is 9.90 Å². The standard InChI is InChI=1S/C18H36O2.O.2Zn/c1-2-3-4-5-6-7-8-9-10-11-12-13-14-15-16-17-18(19)20;;;/h2-17H2,1H3,(H,19,20);;;/q;-2;2*+2/p-1. The molecule has 0 rings (SSSR count). The zero-order chi connectivity index (χ0) is 14.9. The molecule has 0 aromatic carbocycles. The number of carboxylic acid groups (broad SMARTS) is 1. The van der Waals surface area contributed by atoms with Crippen LogP contribution in [0.4, 0.5) is 0 Å². The molecule has 0 atom stereocenters. The Morgan fingerprint density at radius 1 is 0.609 bits per heavy atom. The molecule has 0 saturated heterocycles. The van der Waals surface area contributed by atoms with Crippen molar-refractivity contribution in [1.29, 1.82) is 0 Å². The van der Waals surface area contributed by atoms with Crippen molar-refractivity contribution in [2.75, 3.05) is 0 Å². The van der Waals surface area contributed by atoms with Crippen molar-refractivity contribution < 1.29 is 54.3 Å². The Morgan fingerprint density at radius 2 is 0.870 bits per heavy atom. The summed E-state index contributed by atoms with van der Waals surface area (Å²) in [5.41, 5.74) is 0. The molecule has 0 radical (unpaired) electrons. The minimum Gasteiger partial charge on any atom is -2.00 e. The Bertz CT molecular complexity index is 214. The fourth-order valence-corrected chi connectivity index (χ4v) is 2.64. The van der Waals surface area contributed by atoms with Crippen LogP contribution in [0, 0.1) is 0 Å². The zero-order valence-electron chi connectivity index (χ0n) is 15.5. The first-order valence-electron chi connectivity index (χ1n) is 8.97. The first-order valence-corrected chi connectivity index (χ1v) is 8.97. The molecule has 0 aliphatic heterocycles. The van der Waals surface area contributed by atoms with Crippen molar-refractivity contribution in [1.82, 2.24) is 0 Å². The maximum Gasteiger partial charge on any atom is 2.00 e. The molecule has 0 aliphatic rings. The molecule has 128 valence electrons. The number of hydrogen-bond donors (Lipinski definition) is 0. The maximum absolute atomic E-state index is 10.2. The summed E-state index contributed by atoms with van der Waals surface area (Å²) < 4.78 is 0. The monoisotopic (exact) mass is 427 g/mol. The number of unbranched alkanes of at least 4 members (excludes halogenated alkanes) is 14. The number of hydrogen-bond acceptors (Lipinski definition) is 2. The summed E-state index contributed by atoms with van der Waals surface area (Å²) in [6.07, 6.45) is 19.9. The molecule has 0 saturated carbocycles. The van der Waals surface area contributed by atoms with Crippen molar-refractivity contribution in [3.8, 4) is 0 Å². The van der Waals surface area contributed by atoms with Gasteiger partial charge in [0.2, 0.25) is 0 Å². The smallest absolute Gasteiger partial charge is 2.00 e. The van der Waals surface area contributed by atoms with Crippen LogP contribution in [0.15, 0.2) is 0 Å². The normalized spacial score (nSPS) is 9.43. The SMILES string of the molecule is CCCCCCCCCCCCCCCCCC(=O)[O-].[O-2].[Zn+2].[Zn+2]. The molecule has 0 heterocycles. The summed E-state index contributed by atoms with van der Waals surface area (Å²) in [5, 5.41) is 10.2. The van der Waals surface area contributed by atoms with Crippen molar-refractivity contribution in [3.05, 3.63) is 0 Å². The summed E-state index contributed by atoms with van der Waals surface area (Å²) >= 11 is 0. The van der Waals surface area contributed by atoms with Crippen molar-refractivity contribution in [3.63, 3.8) is 0 Å². The number of carbonyl (C=O) groups excluding carboxylic acids is 1. The van der Waals surface area contributed by atoms with Crippen LogP contribution in [0.5, 0.6) is 0 Å². The fraction of sp³-hybridized carbons (Fsp3) is 0.944. The van der Waals surface area contributed by atoms with E-state index < -0.39 is 5.97 Å². The number of aliphatic carboxylic acids is 1. The van der Waals surface area contributed by atoms with E-state index in [0.717, 1.165) is 12.8 Å². The van der Waals surface area contributed by atoms with Gasteiger partial charge < -0.3 is 15.4 Å². The van der Waals surface area contributed by atoms with Gasteiger partial charge in [0, 0.05) is 5.97 Å². The molecule has 0 N–H and O–H groups in total. The summed E-state index contributed by atoms with van der Waals surface area (Å²) in [4.78, 5) is 10.2. The molecule has 0 aromatic heterocycles. The second-order valence-electron chi connectivity index (χ2n) is 6.07. The third kappa shape index (κ3) is 31.0. The Labute approximate surface area is 169 Å². The van der Waals surface area contributed by atoms with Crippen LogP contribution in [0.25, 0.3) is 0 Å². The van der Waals surface area contributed by atoms with Crippen molar-refractivity contribution in [2.24, 2.45) is 0 Å². The maximum atomic E-state index is 10.2. The van der Waals surface area contributed by atoms with E-state index in [-0.39, 0.29) is 50.9 Å². The molecule has 0 amide bonds. The van der Waals surface area contributed by atoms with Gasteiger partial charge in [-0.1, -0.05) is 96.8 Å². The number of carboxylic acids is 1. The predicted octanol–water partition coefficient (Wildman–Crippen LogP) is 4.87. The van der Waals surface area contributed by atoms with Gasteiger partial charge in [-0.25, -0.2) is 0 Å². The van der Waals surface area contributed by atoms with Crippen LogP contribution >= 0.6 is 0 Å².